The summed E-state index contributed by atoms with van der Waals surface area (Å²) in [5, 5.41) is 3.41. The number of hydrogen-bond donors (Lipinski definition) is 1. The van der Waals surface area contributed by atoms with Gasteiger partial charge in [0, 0.05) is 29.5 Å². The molecule has 2 rings (SSSR count). The first-order valence-corrected chi connectivity index (χ1v) is 7.69. The highest BCUT2D eigenvalue weighted by molar-refractivity contribution is 9.10. The molecule has 0 saturated carbocycles. The van der Waals surface area contributed by atoms with E-state index in [4.69, 9.17) is 4.74 Å². The molecule has 1 N–H and O–H groups in total. The molecule has 1 aromatic carbocycles. The van der Waals surface area contributed by atoms with Gasteiger partial charge in [-0.3, -0.25) is 0 Å². The largest absolute Gasteiger partial charge is 0.492 e. The van der Waals surface area contributed by atoms with Gasteiger partial charge in [-0.1, -0.05) is 35.8 Å². The Bertz CT molecular complexity index is 537. The summed E-state index contributed by atoms with van der Waals surface area (Å²) in [6.07, 6.45) is 4.27. The van der Waals surface area contributed by atoms with E-state index in [0.717, 1.165) is 23.3 Å². The van der Waals surface area contributed by atoms with Crippen LogP contribution in [0.2, 0.25) is 0 Å². The minimum absolute atomic E-state index is 0.512. The first-order valence-electron chi connectivity index (χ1n) is 6.90. The zero-order chi connectivity index (χ0) is 14.4. The Hall–Kier alpha value is -1.26. The molecule has 0 radical (unpaired) electrons. The van der Waals surface area contributed by atoms with Crippen LogP contribution in [0.15, 0.2) is 47.2 Å². The van der Waals surface area contributed by atoms with Crippen molar-refractivity contribution in [3.05, 3.63) is 52.8 Å². The minimum Gasteiger partial charge on any atom is -0.492 e. The predicted octanol–water partition coefficient (Wildman–Crippen LogP) is 3.83. The zero-order valence-corrected chi connectivity index (χ0v) is 13.6. The second kappa shape index (κ2) is 7.50. The number of halogens is 1. The first kappa shape index (κ1) is 15.1. The Morgan fingerprint density at radius 3 is 2.90 bits per heavy atom. The average molecular weight is 337 g/mol. The van der Waals surface area contributed by atoms with Crippen LogP contribution in [0.1, 0.15) is 19.4 Å². The number of aromatic nitrogens is 1. The van der Waals surface area contributed by atoms with E-state index in [0.29, 0.717) is 12.6 Å². The highest BCUT2D eigenvalue weighted by atomic mass is 79.9. The van der Waals surface area contributed by atoms with Crippen molar-refractivity contribution in [3.63, 3.8) is 0 Å². The average Bonchev–Trinajstić information content (AvgIpc) is 2.84. The molecule has 0 bridgehead atoms. The lowest BCUT2D eigenvalue weighted by atomic mass is 10.3. The second-order valence-corrected chi connectivity index (χ2v) is 6.01. The van der Waals surface area contributed by atoms with Gasteiger partial charge < -0.3 is 14.6 Å². The second-order valence-electron chi connectivity index (χ2n) is 5.10. The van der Waals surface area contributed by atoms with Crippen molar-refractivity contribution in [1.29, 1.82) is 0 Å². The molecule has 20 heavy (non-hydrogen) atoms. The predicted molar refractivity (Wildman–Crippen MR) is 86.0 cm³/mol. The fraction of sp³-hybridized carbons (Fsp3) is 0.375. The number of nitrogens with zero attached hydrogens (tertiary/aromatic N) is 1. The van der Waals surface area contributed by atoms with Gasteiger partial charge in [0.05, 0.1) is 6.54 Å². The Labute approximate surface area is 129 Å². The van der Waals surface area contributed by atoms with Crippen molar-refractivity contribution in [2.75, 3.05) is 6.61 Å². The highest BCUT2D eigenvalue weighted by Crippen LogP contribution is 2.17. The Kier molecular flexibility index (Phi) is 5.68. The maximum Gasteiger partial charge on any atom is 0.120 e. The van der Waals surface area contributed by atoms with Gasteiger partial charge >= 0.3 is 0 Å². The quantitative estimate of drug-likeness (QED) is 0.831. The smallest absolute Gasteiger partial charge is 0.120 e. The zero-order valence-electron chi connectivity index (χ0n) is 12.0. The van der Waals surface area contributed by atoms with Crippen LogP contribution in [0.3, 0.4) is 0 Å². The molecule has 0 spiro atoms. The molecule has 3 nitrogen and oxygen atoms in total. The third kappa shape index (κ3) is 5.02. The minimum atomic E-state index is 0.512. The molecule has 0 atom stereocenters. The van der Waals surface area contributed by atoms with E-state index in [1.807, 2.05) is 24.3 Å². The van der Waals surface area contributed by atoms with Crippen LogP contribution in [-0.2, 0) is 13.1 Å². The van der Waals surface area contributed by atoms with Crippen molar-refractivity contribution in [1.82, 2.24) is 9.88 Å². The summed E-state index contributed by atoms with van der Waals surface area (Å²) < 4.78 is 8.93. The normalized spacial score (nSPS) is 11.0. The fourth-order valence-electron chi connectivity index (χ4n) is 1.88. The molecule has 0 unspecified atom stereocenters. The summed E-state index contributed by atoms with van der Waals surface area (Å²) in [6, 6.07) is 10.6. The lowest BCUT2D eigenvalue weighted by Crippen LogP contribution is -2.21. The van der Waals surface area contributed by atoms with E-state index >= 15 is 0 Å². The number of benzene rings is 1. The summed E-state index contributed by atoms with van der Waals surface area (Å²) in [5.74, 6) is 0.897. The van der Waals surface area contributed by atoms with E-state index < -0.39 is 0 Å². The molecule has 108 valence electrons. The third-order valence-electron chi connectivity index (χ3n) is 2.94. The number of nitrogens with one attached hydrogen (secondary N) is 1. The van der Waals surface area contributed by atoms with Gasteiger partial charge in [-0.05, 0) is 29.8 Å². The van der Waals surface area contributed by atoms with Gasteiger partial charge in [-0.25, -0.2) is 0 Å². The van der Waals surface area contributed by atoms with Crippen molar-refractivity contribution in [3.8, 4) is 5.75 Å². The van der Waals surface area contributed by atoms with Crippen molar-refractivity contribution >= 4 is 15.9 Å². The number of ether oxygens (including phenoxy) is 1. The van der Waals surface area contributed by atoms with Gasteiger partial charge in [0.1, 0.15) is 12.4 Å². The number of hydrogen-bond acceptors (Lipinski definition) is 2. The van der Waals surface area contributed by atoms with E-state index in [-0.39, 0.29) is 0 Å². The molecule has 1 aromatic heterocycles. The van der Waals surface area contributed by atoms with Crippen LogP contribution >= 0.6 is 15.9 Å². The van der Waals surface area contributed by atoms with Crippen LogP contribution in [0.5, 0.6) is 5.75 Å². The Morgan fingerprint density at radius 2 is 2.15 bits per heavy atom. The maximum absolute atomic E-state index is 5.73. The number of rotatable bonds is 7. The lowest BCUT2D eigenvalue weighted by Gasteiger charge is -2.08. The highest BCUT2D eigenvalue weighted by Gasteiger charge is 1.99. The SMILES string of the molecule is CC(C)NCc1ccn(CCOc2cccc(Br)c2)c1. The monoisotopic (exact) mass is 336 g/mol. The summed E-state index contributed by atoms with van der Waals surface area (Å²) in [4.78, 5) is 0. The van der Waals surface area contributed by atoms with E-state index in [9.17, 15) is 0 Å². The Morgan fingerprint density at radius 1 is 1.30 bits per heavy atom. The standard InChI is InChI=1S/C16H21BrN2O/c1-13(2)18-11-14-6-7-19(12-14)8-9-20-16-5-3-4-15(17)10-16/h3-7,10,12-13,18H,8-9,11H2,1-2H3. The van der Waals surface area contributed by atoms with Crippen LogP contribution in [0.4, 0.5) is 0 Å². The van der Waals surface area contributed by atoms with Crippen LogP contribution in [0, 0.1) is 0 Å². The van der Waals surface area contributed by atoms with Crippen molar-refractivity contribution in [2.24, 2.45) is 0 Å². The van der Waals surface area contributed by atoms with Crippen LogP contribution in [0.25, 0.3) is 0 Å². The van der Waals surface area contributed by atoms with Crippen LogP contribution < -0.4 is 10.1 Å². The van der Waals surface area contributed by atoms with Gasteiger partial charge in [-0.15, -0.1) is 0 Å². The van der Waals surface area contributed by atoms with Crippen LogP contribution in [-0.4, -0.2) is 17.2 Å². The summed E-state index contributed by atoms with van der Waals surface area (Å²) in [5.41, 5.74) is 1.31. The third-order valence-corrected chi connectivity index (χ3v) is 3.43. The van der Waals surface area contributed by atoms with E-state index in [2.05, 4.69) is 58.1 Å². The van der Waals surface area contributed by atoms with Gasteiger partial charge in [0.25, 0.3) is 0 Å². The molecule has 0 aliphatic heterocycles. The molecule has 0 amide bonds. The molecule has 4 heteroatoms. The molecule has 0 aliphatic carbocycles. The van der Waals surface area contributed by atoms with Crippen molar-refractivity contribution in [2.45, 2.75) is 33.0 Å². The molecule has 0 fully saturated rings. The molecular weight excluding hydrogens is 316 g/mol. The van der Waals surface area contributed by atoms with Gasteiger partial charge in [-0.2, -0.15) is 0 Å². The van der Waals surface area contributed by atoms with Gasteiger partial charge in [0.15, 0.2) is 0 Å². The Balaban J connectivity index is 1.77. The molecule has 2 aromatic rings. The van der Waals surface area contributed by atoms with E-state index in [1.54, 1.807) is 0 Å². The topological polar surface area (TPSA) is 26.2 Å². The lowest BCUT2D eigenvalue weighted by molar-refractivity contribution is 0.298. The summed E-state index contributed by atoms with van der Waals surface area (Å²) >= 11 is 3.44. The molecule has 0 aliphatic rings. The van der Waals surface area contributed by atoms with Crippen molar-refractivity contribution < 1.29 is 4.74 Å². The van der Waals surface area contributed by atoms with Gasteiger partial charge in [0.2, 0.25) is 0 Å². The maximum atomic E-state index is 5.73. The fourth-order valence-corrected chi connectivity index (χ4v) is 2.26. The first-order chi connectivity index (χ1) is 9.63. The van der Waals surface area contributed by atoms with E-state index in [1.165, 1.54) is 5.56 Å². The molecule has 1 heterocycles. The molecule has 0 saturated heterocycles. The summed E-state index contributed by atoms with van der Waals surface area (Å²) in [7, 11) is 0. The molecular formula is C16H21BrN2O. The summed E-state index contributed by atoms with van der Waals surface area (Å²) in [6.45, 7) is 6.75.